The fourth-order valence-electron chi connectivity index (χ4n) is 1.86. The summed E-state index contributed by atoms with van der Waals surface area (Å²) < 4.78 is 44.0. The molecule has 0 saturated heterocycles. The monoisotopic (exact) mass is 322 g/mol. The molecule has 0 N–H and O–H groups in total. The first kappa shape index (κ1) is 16.6. The Balaban J connectivity index is 2.41. The Labute approximate surface area is 130 Å². The highest BCUT2D eigenvalue weighted by Gasteiger charge is 2.25. The van der Waals surface area contributed by atoms with Crippen molar-refractivity contribution in [1.29, 1.82) is 0 Å². The molecule has 0 fully saturated rings. The van der Waals surface area contributed by atoms with Gasteiger partial charge in [-0.15, -0.1) is 0 Å². The lowest BCUT2D eigenvalue weighted by molar-refractivity contribution is 0.203. The minimum Gasteiger partial charge on any atom is -0.266 e. The maximum atomic E-state index is 14.6. The summed E-state index contributed by atoms with van der Waals surface area (Å²) in [6, 6.07) is 13.1. The van der Waals surface area contributed by atoms with Crippen LogP contribution >= 0.6 is 0 Å². The number of rotatable bonds is 4. The zero-order valence-electron chi connectivity index (χ0n) is 12.8. The van der Waals surface area contributed by atoms with E-state index in [9.17, 15) is 12.8 Å². The van der Waals surface area contributed by atoms with Gasteiger partial charge in [-0.1, -0.05) is 63.2 Å². The highest BCUT2D eigenvalue weighted by Crippen LogP contribution is 2.28. The van der Waals surface area contributed by atoms with Gasteiger partial charge < -0.3 is 0 Å². The van der Waals surface area contributed by atoms with Crippen LogP contribution < -0.4 is 0 Å². The van der Waals surface area contributed by atoms with Crippen LogP contribution in [0.5, 0.6) is 0 Å². The van der Waals surface area contributed by atoms with Gasteiger partial charge in [0.2, 0.25) is 0 Å². The lowest BCUT2D eigenvalue weighted by Gasteiger charge is -2.18. The van der Waals surface area contributed by atoms with E-state index in [1.54, 1.807) is 30.3 Å². The third-order valence-corrected chi connectivity index (χ3v) is 4.25. The van der Waals surface area contributed by atoms with Crippen molar-refractivity contribution in [2.75, 3.05) is 6.61 Å². The molecule has 2 aromatic rings. The van der Waals surface area contributed by atoms with Crippen LogP contribution in [0.2, 0.25) is 0 Å². The molecule has 2 aromatic carbocycles. The first-order valence-corrected chi connectivity index (χ1v) is 8.35. The number of hydrogen-bond donors (Lipinski definition) is 0. The third kappa shape index (κ3) is 3.93. The smallest absolute Gasteiger partial charge is 0.266 e. The van der Waals surface area contributed by atoms with E-state index in [0.29, 0.717) is 5.56 Å². The SMILES string of the molecule is CC(C)(C)COS(=O)(=O)c1cccc(-c2ccccc2)c1F. The van der Waals surface area contributed by atoms with Crippen LogP contribution in [0.3, 0.4) is 0 Å². The van der Waals surface area contributed by atoms with Crippen LogP contribution in [0.4, 0.5) is 4.39 Å². The van der Waals surface area contributed by atoms with Crippen molar-refractivity contribution in [3.63, 3.8) is 0 Å². The molecule has 5 heteroatoms. The maximum Gasteiger partial charge on any atom is 0.299 e. The lowest BCUT2D eigenvalue weighted by Crippen LogP contribution is -2.19. The summed E-state index contributed by atoms with van der Waals surface area (Å²) in [4.78, 5) is -0.432. The Morgan fingerprint density at radius 3 is 2.23 bits per heavy atom. The Morgan fingerprint density at radius 1 is 1.00 bits per heavy atom. The van der Waals surface area contributed by atoms with Gasteiger partial charge in [-0.3, -0.25) is 4.18 Å². The topological polar surface area (TPSA) is 43.4 Å². The zero-order valence-corrected chi connectivity index (χ0v) is 13.7. The van der Waals surface area contributed by atoms with Crippen LogP contribution in [0.25, 0.3) is 11.1 Å². The molecule has 3 nitrogen and oxygen atoms in total. The minimum absolute atomic E-state index is 0.00959. The molecule has 0 saturated carbocycles. The van der Waals surface area contributed by atoms with Crippen LogP contribution in [0, 0.1) is 11.2 Å². The molecule has 0 aromatic heterocycles. The molecule has 0 aliphatic heterocycles. The molecule has 0 bridgehead atoms. The van der Waals surface area contributed by atoms with E-state index < -0.39 is 20.8 Å². The van der Waals surface area contributed by atoms with Gasteiger partial charge in [0.05, 0.1) is 6.61 Å². The summed E-state index contributed by atoms with van der Waals surface area (Å²) >= 11 is 0. The van der Waals surface area contributed by atoms with Gasteiger partial charge in [0.25, 0.3) is 10.1 Å². The second-order valence-corrected chi connectivity index (χ2v) is 7.84. The molecular formula is C17H19FO3S. The van der Waals surface area contributed by atoms with Crippen molar-refractivity contribution < 1.29 is 17.0 Å². The van der Waals surface area contributed by atoms with Crippen LogP contribution in [0.15, 0.2) is 53.4 Å². The first-order valence-electron chi connectivity index (χ1n) is 6.94. The molecular weight excluding hydrogens is 303 g/mol. The molecule has 0 atom stereocenters. The van der Waals surface area contributed by atoms with Gasteiger partial charge in [-0.2, -0.15) is 8.42 Å². The quantitative estimate of drug-likeness (QED) is 0.791. The molecule has 0 aliphatic rings. The molecule has 2 rings (SSSR count). The normalized spacial score (nSPS) is 12.4. The summed E-state index contributed by atoms with van der Waals surface area (Å²) in [6.45, 7) is 5.53. The number of benzene rings is 2. The van der Waals surface area contributed by atoms with Crippen molar-refractivity contribution in [2.45, 2.75) is 25.7 Å². The molecule has 0 amide bonds. The third-order valence-electron chi connectivity index (χ3n) is 2.96. The van der Waals surface area contributed by atoms with E-state index in [-0.39, 0.29) is 17.6 Å². The van der Waals surface area contributed by atoms with Gasteiger partial charge in [0, 0.05) is 5.56 Å². The molecule has 0 radical (unpaired) electrons. The van der Waals surface area contributed by atoms with E-state index in [0.717, 1.165) is 0 Å². The Bertz CT molecular complexity index is 747. The van der Waals surface area contributed by atoms with Crippen molar-refractivity contribution in [2.24, 2.45) is 5.41 Å². The van der Waals surface area contributed by atoms with Gasteiger partial charge in [0.15, 0.2) is 5.82 Å². The summed E-state index contributed by atoms with van der Waals surface area (Å²) in [5.74, 6) is -0.789. The van der Waals surface area contributed by atoms with E-state index in [2.05, 4.69) is 0 Å². The van der Waals surface area contributed by atoms with E-state index >= 15 is 0 Å². The molecule has 0 heterocycles. The van der Waals surface area contributed by atoms with Crippen LogP contribution in [-0.4, -0.2) is 15.0 Å². The summed E-state index contributed by atoms with van der Waals surface area (Å²) in [6.07, 6.45) is 0. The minimum atomic E-state index is -4.13. The fourth-order valence-corrected chi connectivity index (χ4v) is 3.07. The first-order chi connectivity index (χ1) is 10.2. The maximum absolute atomic E-state index is 14.6. The predicted octanol–water partition coefficient (Wildman–Crippen LogP) is 4.24. The average molecular weight is 322 g/mol. The molecule has 0 unspecified atom stereocenters. The van der Waals surface area contributed by atoms with Gasteiger partial charge in [0.1, 0.15) is 4.90 Å². The Morgan fingerprint density at radius 2 is 1.64 bits per heavy atom. The second-order valence-electron chi connectivity index (χ2n) is 6.26. The predicted molar refractivity (Wildman–Crippen MR) is 84.4 cm³/mol. The lowest BCUT2D eigenvalue weighted by atomic mass is 9.99. The van der Waals surface area contributed by atoms with Gasteiger partial charge in [-0.25, -0.2) is 4.39 Å². The fraction of sp³-hybridized carbons (Fsp3) is 0.294. The van der Waals surface area contributed by atoms with Gasteiger partial charge >= 0.3 is 0 Å². The molecule has 118 valence electrons. The van der Waals surface area contributed by atoms with Crippen molar-refractivity contribution in [1.82, 2.24) is 0 Å². The largest absolute Gasteiger partial charge is 0.299 e. The van der Waals surface area contributed by atoms with Crippen LogP contribution in [-0.2, 0) is 14.3 Å². The van der Waals surface area contributed by atoms with Crippen molar-refractivity contribution >= 4 is 10.1 Å². The molecule has 22 heavy (non-hydrogen) atoms. The Hall–Kier alpha value is -1.72. The summed E-state index contributed by atoms with van der Waals surface area (Å²) in [7, 11) is -4.13. The Kier molecular flexibility index (Phi) is 4.68. The van der Waals surface area contributed by atoms with Crippen molar-refractivity contribution in [3.05, 3.63) is 54.3 Å². The highest BCUT2D eigenvalue weighted by molar-refractivity contribution is 7.86. The average Bonchev–Trinajstić information content (AvgIpc) is 2.46. The van der Waals surface area contributed by atoms with E-state index in [1.807, 2.05) is 26.8 Å². The standard InChI is InChI=1S/C17H19FO3S/c1-17(2,3)12-21-22(19,20)15-11-7-10-14(16(15)18)13-8-5-4-6-9-13/h4-11H,12H2,1-3H3. The summed E-state index contributed by atoms with van der Waals surface area (Å²) in [5, 5.41) is 0. The van der Waals surface area contributed by atoms with Crippen molar-refractivity contribution in [3.8, 4) is 11.1 Å². The second kappa shape index (κ2) is 6.18. The number of hydrogen-bond acceptors (Lipinski definition) is 3. The van der Waals surface area contributed by atoms with Gasteiger partial charge in [-0.05, 0) is 17.0 Å². The highest BCUT2D eigenvalue weighted by atomic mass is 32.2. The van der Waals surface area contributed by atoms with E-state index in [1.165, 1.54) is 12.1 Å². The molecule has 0 spiro atoms. The number of halogens is 1. The zero-order chi connectivity index (χ0) is 16.4. The van der Waals surface area contributed by atoms with Crippen LogP contribution in [0.1, 0.15) is 20.8 Å². The molecule has 0 aliphatic carbocycles. The summed E-state index contributed by atoms with van der Waals surface area (Å²) in [5.41, 5.74) is 0.523. The van der Waals surface area contributed by atoms with E-state index in [4.69, 9.17) is 4.18 Å².